The van der Waals surface area contributed by atoms with E-state index in [-0.39, 0.29) is 41.2 Å². The van der Waals surface area contributed by atoms with Gasteiger partial charge in [-0.2, -0.15) is 13.2 Å². The lowest BCUT2D eigenvalue weighted by molar-refractivity contribution is -0.129. The average molecular weight is 516 g/mol. The van der Waals surface area contributed by atoms with E-state index in [1.807, 2.05) is 0 Å². The second-order valence-corrected chi connectivity index (χ2v) is 8.33. The first-order valence-electron chi connectivity index (χ1n) is 10.1. The highest BCUT2D eigenvalue weighted by atomic mass is 35.5. The zero-order chi connectivity index (χ0) is 26.6. The Morgan fingerprint density at radius 2 is 1.89 bits per heavy atom. The fourth-order valence-corrected chi connectivity index (χ4v) is 3.08. The quantitative estimate of drug-likeness (QED) is 0.303. The number of Topliss-reactive ketones (excluding diaryl/α,β-unsaturated/α-hetero) is 1. The van der Waals surface area contributed by atoms with Gasteiger partial charge in [0.1, 0.15) is 11.5 Å². The number of anilines is 1. The third-order valence-electron chi connectivity index (χ3n) is 5.03. The number of halogens is 5. The summed E-state index contributed by atoms with van der Waals surface area (Å²) in [4.78, 5) is 38.4. The predicted octanol–water partition coefficient (Wildman–Crippen LogP) is 4.37. The van der Waals surface area contributed by atoms with E-state index in [4.69, 9.17) is 16.3 Å². The summed E-state index contributed by atoms with van der Waals surface area (Å²) in [5, 5.41) is 1.50. The highest BCUT2D eigenvalue weighted by Crippen LogP contribution is 2.36. The molecule has 0 aliphatic heterocycles. The van der Waals surface area contributed by atoms with Crippen LogP contribution in [0.2, 0.25) is 5.02 Å². The van der Waals surface area contributed by atoms with E-state index in [0.717, 1.165) is 19.2 Å². The molecular weight excluding hydrogens is 494 g/mol. The van der Waals surface area contributed by atoms with Crippen molar-refractivity contribution in [2.45, 2.75) is 39.0 Å². The molecule has 1 N–H and O–H groups in total. The second-order valence-electron chi connectivity index (χ2n) is 7.92. The Hall–Kier alpha value is -3.47. The third-order valence-corrected chi connectivity index (χ3v) is 5.38. The second kappa shape index (κ2) is 10.9. The van der Waals surface area contributed by atoms with Crippen LogP contribution in [-0.4, -0.2) is 41.9 Å². The van der Waals surface area contributed by atoms with Gasteiger partial charge in [-0.1, -0.05) is 17.7 Å². The molecule has 1 aromatic carbocycles. The number of amides is 2. The Bertz CT molecular complexity index is 1170. The maximum absolute atomic E-state index is 14.7. The van der Waals surface area contributed by atoms with Crippen molar-refractivity contribution in [3.63, 3.8) is 0 Å². The van der Waals surface area contributed by atoms with Crippen LogP contribution in [0.3, 0.4) is 0 Å². The molecule has 2 rings (SSSR count). The number of ketones is 1. The van der Waals surface area contributed by atoms with Crippen molar-refractivity contribution in [3.8, 4) is 5.88 Å². The van der Waals surface area contributed by atoms with Crippen LogP contribution in [0.25, 0.3) is 0 Å². The van der Waals surface area contributed by atoms with E-state index >= 15 is 0 Å². The number of allylic oxidation sites excluding steroid dienone is 1. The number of nitrogens with one attached hydrogen (secondary N) is 1. The van der Waals surface area contributed by atoms with Crippen molar-refractivity contribution in [1.29, 1.82) is 0 Å². The lowest BCUT2D eigenvalue weighted by Gasteiger charge is -2.26. The standard InChI is InChI=1S/C23H22ClF4N3O4/c1-13(33)22(2,3)35-21-14(6-5-7-29-21)8-15-9-18(17(25)10-16(15)24)31(4)19(23(26,27)28)11-20(34)30-12-32/h5-7,9-12H,8H2,1-4H3,(H,30,32,34)/b19-11-. The van der Waals surface area contributed by atoms with Gasteiger partial charge in [0.05, 0.1) is 5.69 Å². The van der Waals surface area contributed by atoms with Gasteiger partial charge in [-0.05, 0) is 44.5 Å². The largest absolute Gasteiger partial charge is 0.463 e. The van der Waals surface area contributed by atoms with Crippen LogP contribution >= 0.6 is 11.6 Å². The minimum Gasteiger partial charge on any atom is -0.463 e. The van der Waals surface area contributed by atoms with Gasteiger partial charge in [-0.3, -0.25) is 19.7 Å². The lowest BCUT2D eigenvalue weighted by atomic mass is 10.0. The number of alkyl halides is 3. The first-order valence-corrected chi connectivity index (χ1v) is 10.4. The predicted molar refractivity (Wildman–Crippen MR) is 121 cm³/mol. The SMILES string of the molecule is CC(=O)C(C)(C)Oc1ncccc1Cc1cc(N(C)/C(=C\C(=O)NC=O)C(F)(F)F)c(F)cc1Cl. The number of carbonyl (C=O) groups excluding carboxylic acids is 3. The molecule has 0 aliphatic carbocycles. The molecule has 0 radical (unpaired) electrons. The zero-order valence-corrected chi connectivity index (χ0v) is 19.9. The minimum atomic E-state index is -5.05. The molecule has 12 heteroatoms. The number of hydrogen-bond acceptors (Lipinski definition) is 6. The Morgan fingerprint density at radius 3 is 2.46 bits per heavy atom. The molecule has 0 fully saturated rings. The van der Waals surface area contributed by atoms with Crippen LogP contribution in [0, 0.1) is 5.82 Å². The highest BCUT2D eigenvalue weighted by Gasteiger charge is 2.38. The fraction of sp³-hybridized carbons (Fsp3) is 0.304. The van der Waals surface area contributed by atoms with Gasteiger partial charge in [0.15, 0.2) is 11.4 Å². The molecular formula is C23H22ClF4N3O4. The number of nitrogens with zero attached hydrogens (tertiary/aromatic N) is 2. The highest BCUT2D eigenvalue weighted by molar-refractivity contribution is 6.31. The van der Waals surface area contributed by atoms with Gasteiger partial charge in [-0.15, -0.1) is 0 Å². The average Bonchev–Trinajstić information content (AvgIpc) is 2.74. The lowest BCUT2D eigenvalue weighted by Crippen LogP contribution is -2.36. The molecule has 0 unspecified atom stereocenters. The van der Waals surface area contributed by atoms with Crippen LogP contribution in [-0.2, 0) is 20.8 Å². The first-order chi connectivity index (χ1) is 16.2. The van der Waals surface area contributed by atoms with Crippen molar-refractivity contribution in [2.24, 2.45) is 0 Å². The van der Waals surface area contributed by atoms with E-state index in [0.29, 0.717) is 10.5 Å². The Kier molecular flexibility index (Phi) is 8.61. The van der Waals surface area contributed by atoms with E-state index in [1.165, 1.54) is 13.1 Å². The van der Waals surface area contributed by atoms with Crippen molar-refractivity contribution in [2.75, 3.05) is 11.9 Å². The van der Waals surface area contributed by atoms with Crippen LogP contribution in [0.5, 0.6) is 5.88 Å². The molecule has 0 saturated carbocycles. The summed E-state index contributed by atoms with van der Waals surface area (Å²) in [6.07, 6.45) is -3.57. The number of aromatic nitrogens is 1. The van der Waals surface area contributed by atoms with Crippen molar-refractivity contribution in [1.82, 2.24) is 10.3 Å². The molecule has 2 aromatic rings. The summed E-state index contributed by atoms with van der Waals surface area (Å²) < 4.78 is 61.3. The molecule has 0 atom stereocenters. The summed E-state index contributed by atoms with van der Waals surface area (Å²) in [6, 6.07) is 5.15. The molecule has 188 valence electrons. The van der Waals surface area contributed by atoms with Crippen molar-refractivity contribution in [3.05, 3.63) is 64.2 Å². The maximum Gasteiger partial charge on any atom is 0.431 e. The number of pyridine rings is 1. The monoisotopic (exact) mass is 515 g/mol. The zero-order valence-electron chi connectivity index (χ0n) is 19.2. The van der Waals surface area contributed by atoms with E-state index in [9.17, 15) is 31.9 Å². The number of ether oxygens (including phenoxy) is 1. The summed E-state index contributed by atoms with van der Waals surface area (Å²) in [6.45, 7) is 4.46. The minimum absolute atomic E-state index is 0.0200. The van der Waals surface area contributed by atoms with E-state index < -0.39 is 34.9 Å². The normalized spacial score (nSPS) is 12.2. The third kappa shape index (κ3) is 7.01. The molecule has 1 heterocycles. The van der Waals surface area contributed by atoms with Gasteiger partial charge >= 0.3 is 6.18 Å². The van der Waals surface area contributed by atoms with Gasteiger partial charge < -0.3 is 9.64 Å². The molecule has 0 bridgehead atoms. The first kappa shape index (κ1) is 27.8. The molecule has 1 aromatic heterocycles. The summed E-state index contributed by atoms with van der Waals surface area (Å²) >= 11 is 6.17. The molecule has 7 nitrogen and oxygen atoms in total. The molecule has 2 amide bonds. The van der Waals surface area contributed by atoms with Crippen LogP contribution in [0.1, 0.15) is 31.9 Å². The van der Waals surface area contributed by atoms with Gasteiger partial charge in [0.25, 0.3) is 5.91 Å². The van der Waals surface area contributed by atoms with Crippen molar-refractivity contribution < 1.29 is 36.7 Å². The van der Waals surface area contributed by atoms with Gasteiger partial charge in [0, 0.05) is 36.3 Å². The molecule has 35 heavy (non-hydrogen) atoms. The summed E-state index contributed by atoms with van der Waals surface area (Å²) in [7, 11) is 0.914. The van der Waals surface area contributed by atoms with Gasteiger partial charge in [0.2, 0.25) is 12.3 Å². The van der Waals surface area contributed by atoms with Crippen LogP contribution < -0.4 is 15.0 Å². The Balaban J connectivity index is 2.52. The Morgan fingerprint density at radius 1 is 1.23 bits per heavy atom. The smallest absolute Gasteiger partial charge is 0.431 e. The molecule has 0 saturated heterocycles. The fourth-order valence-electron chi connectivity index (χ4n) is 2.87. The van der Waals surface area contributed by atoms with Gasteiger partial charge in [-0.25, -0.2) is 9.37 Å². The van der Waals surface area contributed by atoms with E-state index in [1.54, 1.807) is 31.3 Å². The summed E-state index contributed by atoms with van der Waals surface area (Å²) in [5.74, 6) is -2.57. The van der Waals surface area contributed by atoms with Crippen molar-refractivity contribution >= 4 is 35.4 Å². The maximum atomic E-state index is 14.7. The number of rotatable bonds is 9. The molecule has 0 aliphatic rings. The number of hydrogen-bond donors (Lipinski definition) is 1. The number of carbonyl (C=O) groups is 3. The molecule has 0 spiro atoms. The Labute approximate surface area is 203 Å². The topological polar surface area (TPSA) is 88.6 Å². The van der Waals surface area contributed by atoms with E-state index in [2.05, 4.69) is 4.98 Å². The van der Waals surface area contributed by atoms with Crippen LogP contribution in [0.15, 0.2) is 42.2 Å². The summed E-state index contributed by atoms with van der Waals surface area (Å²) in [5.41, 5.74) is -2.57. The number of imide groups is 1. The van der Waals surface area contributed by atoms with Crippen LogP contribution in [0.4, 0.5) is 23.2 Å². The number of benzene rings is 1.